The number of aliphatic hydroxyl groups excluding tert-OH is 2. The van der Waals surface area contributed by atoms with Crippen LogP contribution < -0.4 is 10.1 Å². The van der Waals surface area contributed by atoms with E-state index in [1.54, 1.807) is 80.6 Å². The van der Waals surface area contributed by atoms with Gasteiger partial charge in [-0.25, -0.2) is 9.59 Å². The number of ether oxygens (including phenoxy) is 6. The highest BCUT2D eigenvalue weighted by Gasteiger charge is 2.78. The Kier molecular flexibility index (Phi) is 14.5. The first-order valence-electron chi connectivity index (χ1n) is 22.9. The van der Waals surface area contributed by atoms with E-state index in [2.05, 4.69) is 18.5 Å². The molecular formula is C53H59NO15. The zero-order valence-corrected chi connectivity index (χ0v) is 39.3. The summed E-state index contributed by atoms with van der Waals surface area (Å²) in [5, 5.41) is 40.9. The van der Waals surface area contributed by atoms with Crippen molar-refractivity contribution in [2.45, 2.75) is 114 Å². The smallest absolute Gasteiger partial charge is 0.338 e. The van der Waals surface area contributed by atoms with E-state index in [1.165, 1.54) is 44.2 Å². The molecule has 2 saturated carbocycles. The van der Waals surface area contributed by atoms with Crippen LogP contribution in [0.25, 0.3) is 0 Å². The first-order valence-corrected chi connectivity index (χ1v) is 22.9. The number of benzene rings is 3. The standard InChI is InChI=1S/C53H59NO15/c1-8-10-24-39(57)69-52-29-65-38(52)27-37(56)51(7)44(52)46(68-48(61)33-20-15-12-16-21-33)53(63)28-36(30(3)40(50(53,5)6)43(45(51)59)66-31(4)55)67-49(62)42(58)41(54-47(60)32-18-13-11-14-19-32)34-22-17-23-35(26-34)64-25-9-2/h8-9,11-23,26,36-38,41-44,46,56,58,63H,1-2,10,24-25,27-29H2,3-7H3,(H,54,60)/t36-,37-,38+,41-,42+,43+,44-,46-,51+,52-,53+/m0/s1. The van der Waals surface area contributed by atoms with E-state index in [0.29, 0.717) is 5.75 Å². The van der Waals surface area contributed by atoms with Gasteiger partial charge in [0.25, 0.3) is 5.91 Å². The maximum absolute atomic E-state index is 15.7. The van der Waals surface area contributed by atoms with Gasteiger partial charge < -0.3 is 49.1 Å². The number of ketones is 1. The first-order chi connectivity index (χ1) is 32.7. The maximum Gasteiger partial charge on any atom is 0.338 e. The van der Waals surface area contributed by atoms with Crippen LogP contribution in [0.4, 0.5) is 0 Å². The second-order valence-corrected chi connectivity index (χ2v) is 18.8. The van der Waals surface area contributed by atoms with Crippen LogP contribution in [0.3, 0.4) is 0 Å². The van der Waals surface area contributed by atoms with Gasteiger partial charge in [0.05, 0.1) is 35.6 Å². The van der Waals surface area contributed by atoms with Crippen molar-refractivity contribution >= 4 is 35.6 Å². The van der Waals surface area contributed by atoms with Gasteiger partial charge in [0, 0.05) is 37.2 Å². The SMILES string of the molecule is C=CCCC(=O)O[C@@]12CO[C@@H]1C[C@H](O)[C@@]1(C)C(=O)[C@H](OC(C)=O)C3=C(C)[C@@H](OC(=O)[C@H](O)[C@@H](NC(=O)c4ccccc4)c4cccc(OCC=C)c4)C[C@@](O)([C@@H](OC(=O)c4ccccc4)[C@H]21)C3(C)C. The van der Waals surface area contributed by atoms with Crippen molar-refractivity contribution in [3.05, 3.63) is 138 Å². The second kappa shape index (κ2) is 19.9. The fourth-order valence-electron chi connectivity index (χ4n) is 10.7. The number of nitrogens with one attached hydrogen (secondary N) is 1. The molecule has 0 aromatic heterocycles. The highest BCUT2D eigenvalue weighted by atomic mass is 16.6. The lowest BCUT2D eigenvalue weighted by molar-refractivity contribution is -0.346. The van der Waals surface area contributed by atoms with E-state index >= 15 is 4.79 Å². The minimum absolute atomic E-state index is 0.0265. The average molecular weight is 950 g/mol. The first kappa shape index (κ1) is 50.4. The molecule has 16 heteroatoms. The molecule has 3 aromatic carbocycles. The molecule has 2 bridgehead atoms. The van der Waals surface area contributed by atoms with E-state index < -0.39 is 113 Å². The van der Waals surface area contributed by atoms with Crippen molar-refractivity contribution in [1.82, 2.24) is 5.32 Å². The summed E-state index contributed by atoms with van der Waals surface area (Å²) in [7, 11) is 0. The molecule has 1 amide bonds. The van der Waals surface area contributed by atoms with Crippen LogP contribution in [0.15, 0.2) is 121 Å². The van der Waals surface area contributed by atoms with Crippen molar-refractivity contribution in [3.8, 4) is 5.75 Å². The lowest BCUT2D eigenvalue weighted by Crippen LogP contribution is -2.82. The Hall–Kier alpha value is -6.46. The number of aliphatic hydroxyl groups is 3. The van der Waals surface area contributed by atoms with E-state index in [4.69, 9.17) is 28.4 Å². The third kappa shape index (κ3) is 9.13. The summed E-state index contributed by atoms with van der Waals surface area (Å²) in [5.74, 6) is -6.63. The quantitative estimate of drug-likeness (QED) is 0.0817. The number of esters is 4. The fourth-order valence-corrected chi connectivity index (χ4v) is 10.7. The van der Waals surface area contributed by atoms with Gasteiger partial charge in [0.1, 0.15) is 36.3 Å². The number of fused-ring (bicyclic) bond motifs is 5. The predicted molar refractivity (Wildman–Crippen MR) is 247 cm³/mol. The second-order valence-electron chi connectivity index (χ2n) is 18.8. The van der Waals surface area contributed by atoms with Crippen LogP contribution in [0.2, 0.25) is 0 Å². The molecule has 4 aliphatic rings. The molecule has 0 radical (unpaired) electrons. The summed E-state index contributed by atoms with van der Waals surface area (Å²) >= 11 is 0. The highest BCUT2D eigenvalue weighted by molar-refractivity contribution is 5.96. The van der Waals surface area contributed by atoms with Crippen LogP contribution in [-0.2, 0) is 42.9 Å². The van der Waals surface area contributed by atoms with Crippen LogP contribution in [-0.4, -0.2) is 112 Å². The molecule has 0 spiro atoms. The topological polar surface area (TPSA) is 231 Å². The summed E-state index contributed by atoms with van der Waals surface area (Å²) in [6.07, 6.45) is -7.74. The molecule has 1 aliphatic heterocycles. The molecule has 69 heavy (non-hydrogen) atoms. The highest BCUT2D eigenvalue weighted by Crippen LogP contribution is 2.64. The number of hydrogen-bond donors (Lipinski definition) is 4. The zero-order valence-electron chi connectivity index (χ0n) is 39.3. The van der Waals surface area contributed by atoms with E-state index in [1.807, 2.05) is 0 Å². The summed E-state index contributed by atoms with van der Waals surface area (Å²) in [6.45, 7) is 14.3. The number of allylic oxidation sites excluding steroid dienone is 1. The number of hydrogen-bond acceptors (Lipinski definition) is 15. The predicted octanol–water partition coefficient (Wildman–Crippen LogP) is 5.25. The lowest BCUT2D eigenvalue weighted by atomic mass is 9.44. The van der Waals surface area contributed by atoms with Gasteiger partial charge >= 0.3 is 23.9 Å². The molecule has 11 atom stereocenters. The Bertz CT molecular complexity index is 2520. The van der Waals surface area contributed by atoms with Crippen molar-refractivity contribution in [3.63, 3.8) is 0 Å². The van der Waals surface area contributed by atoms with E-state index in [-0.39, 0.29) is 60.3 Å². The summed E-state index contributed by atoms with van der Waals surface area (Å²) in [6, 6.07) is 20.8. The fraction of sp³-hybridized carbons (Fsp3) is 0.434. The number of Topliss-reactive ketones (excluding diaryl/α,β-unsaturated/α-hetero) is 1. The van der Waals surface area contributed by atoms with Gasteiger partial charge in [0.2, 0.25) is 0 Å². The molecule has 3 aromatic rings. The van der Waals surface area contributed by atoms with Crippen molar-refractivity contribution in [1.29, 1.82) is 0 Å². The zero-order chi connectivity index (χ0) is 50.1. The monoisotopic (exact) mass is 949 g/mol. The minimum atomic E-state index is -2.44. The van der Waals surface area contributed by atoms with Gasteiger partial charge in [-0.3, -0.25) is 19.2 Å². The van der Waals surface area contributed by atoms with Crippen molar-refractivity contribution < 1.29 is 72.5 Å². The molecule has 3 fully saturated rings. The molecule has 7 rings (SSSR count). The average Bonchev–Trinajstić information content (AvgIpc) is 3.32. The van der Waals surface area contributed by atoms with Gasteiger partial charge in [-0.2, -0.15) is 0 Å². The minimum Gasteiger partial charge on any atom is -0.490 e. The Morgan fingerprint density at radius 1 is 0.913 bits per heavy atom. The van der Waals surface area contributed by atoms with Crippen LogP contribution in [0.1, 0.15) is 92.6 Å². The van der Waals surface area contributed by atoms with Gasteiger partial charge in [-0.05, 0) is 73.4 Å². The summed E-state index contributed by atoms with van der Waals surface area (Å²) in [4.78, 5) is 85.4. The maximum atomic E-state index is 15.7. The van der Waals surface area contributed by atoms with Gasteiger partial charge in [-0.1, -0.05) is 81.1 Å². The van der Waals surface area contributed by atoms with Crippen LogP contribution in [0, 0.1) is 16.7 Å². The molecule has 3 aliphatic carbocycles. The van der Waals surface area contributed by atoms with Crippen LogP contribution in [0.5, 0.6) is 5.75 Å². The number of rotatable bonds is 16. The molecular weight excluding hydrogens is 891 g/mol. The van der Waals surface area contributed by atoms with Crippen LogP contribution >= 0.6 is 0 Å². The van der Waals surface area contributed by atoms with Crippen molar-refractivity contribution in [2.24, 2.45) is 16.7 Å². The third-order valence-corrected chi connectivity index (χ3v) is 14.4. The molecule has 4 N–H and O–H groups in total. The largest absolute Gasteiger partial charge is 0.490 e. The van der Waals surface area contributed by atoms with Gasteiger partial charge in [-0.15, -0.1) is 6.58 Å². The van der Waals surface area contributed by atoms with E-state index in [9.17, 15) is 39.3 Å². The van der Waals surface area contributed by atoms with Crippen molar-refractivity contribution in [2.75, 3.05) is 13.2 Å². The number of carbonyl (C=O) groups excluding carboxylic acids is 6. The Morgan fingerprint density at radius 3 is 2.19 bits per heavy atom. The molecule has 1 saturated heterocycles. The number of carbonyl (C=O) groups is 6. The molecule has 0 unspecified atom stereocenters. The molecule has 16 nitrogen and oxygen atoms in total. The third-order valence-electron chi connectivity index (χ3n) is 14.4. The Balaban J connectivity index is 1.39. The molecule has 366 valence electrons. The summed E-state index contributed by atoms with van der Waals surface area (Å²) in [5.41, 5.74) is -7.42. The normalized spacial score (nSPS) is 29.7. The Morgan fingerprint density at radius 2 is 1.58 bits per heavy atom. The molecule has 1 heterocycles. The number of amides is 1. The summed E-state index contributed by atoms with van der Waals surface area (Å²) < 4.78 is 36.6. The Labute approximate surface area is 400 Å². The lowest BCUT2D eigenvalue weighted by Gasteiger charge is -2.67. The van der Waals surface area contributed by atoms with Gasteiger partial charge in [0.15, 0.2) is 23.6 Å². The van der Waals surface area contributed by atoms with E-state index in [0.717, 1.165) is 6.92 Å².